The van der Waals surface area contributed by atoms with Crippen molar-refractivity contribution in [2.24, 2.45) is 0 Å². The van der Waals surface area contributed by atoms with Crippen molar-refractivity contribution in [1.29, 1.82) is 0 Å². The van der Waals surface area contributed by atoms with Crippen molar-refractivity contribution in [2.45, 2.75) is 5.88 Å². The SMILES string of the molecule is COc1c(Cl)ccc(Cl)c1CCl. The number of halogens is 3. The van der Waals surface area contributed by atoms with Crippen LogP contribution in [0, 0.1) is 0 Å². The van der Waals surface area contributed by atoms with E-state index < -0.39 is 0 Å². The first kappa shape index (κ1) is 9.97. The molecule has 0 fully saturated rings. The van der Waals surface area contributed by atoms with Crippen molar-refractivity contribution in [3.8, 4) is 5.75 Å². The van der Waals surface area contributed by atoms with Gasteiger partial charge in [0.25, 0.3) is 0 Å². The number of methoxy groups -OCH3 is 1. The minimum absolute atomic E-state index is 0.294. The van der Waals surface area contributed by atoms with Crippen LogP contribution in [0.4, 0.5) is 0 Å². The van der Waals surface area contributed by atoms with Crippen molar-refractivity contribution in [1.82, 2.24) is 0 Å². The Kier molecular flexibility index (Phi) is 3.51. The van der Waals surface area contributed by atoms with E-state index in [1.165, 1.54) is 7.11 Å². The predicted molar refractivity (Wildman–Crippen MR) is 52.6 cm³/mol. The molecule has 0 heterocycles. The highest BCUT2D eigenvalue weighted by molar-refractivity contribution is 6.35. The number of alkyl halides is 1. The molecular weight excluding hydrogens is 218 g/mol. The van der Waals surface area contributed by atoms with Crippen molar-refractivity contribution in [3.63, 3.8) is 0 Å². The fraction of sp³-hybridized carbons (Fsp3) is 0.250. The van der Waals surface area contributed by atoms with Gasteiger partial charge in [0.05, 0.1) is 18.0 Å². The molecule has 1 rings (SSSR count). The topological polar surface area (TPSA) is 9.23 Å². The van der Waals surface area contributed by atoms with Gasteiger partial charge in [-0.25, -0.2) is 0 Å². The highest BCUT2D eigenvalue weighted by Gasteiger charge is 2.10. The van der Waals surface area contributed by atoms with E-state index in [4.69, 9.17) is 39.5 Å². The Morgan fingerprint density at radius 2 is 1.83 bits per heavy atom. The molecule has 0 amide bonds. The molecule has 0 aliphatic rings. The molecule has 0 N–H and O–H groups in total. The van der Waals surface area contributed by atoms with Crippen molar-refractivity contribution >= 4 is 34.8 Å². The molecule has 0 atom stereocenters. The molecule has 66 valence electrons. The van der Waals surface area contributed by atoms with Crippen molar-refractivity contribution in [3.05, 3.63) is 27.7 Å². The zero-order valence-electron chi connectivity index (χ0n) is 6.40. The van der Waals surface area contributed by atoms with Gasteiger partial charge in [-0.3, -0.25) is 0 Å². The van der Waals surface area contributed by atoms with Crippen LogP contribution in [0.1, 0.15) is 5.56 Å². The van der Waals surface area contributed by atoms with E-state index in [0.717, 1.165) is 5.56 Å². The molecule has 0 bridgehead atoms. The number of rotatable bonds is 2. The monoisotopic (exact) mass is 224 g/mol. The second-order valence-corrected chi connectivity index (χ2v) is 3.26. The average Bonchev–Trinajstić information content (AvgIpc) is 2.08. The van der Waals surface area contributed by atoms with Crippen LogP contribution in [-0.2, 0) is 5.88 Å². The maximum atomic E-state index is 5.86. The van der Waals surface area contributed by atoms with Gasteiger partial charge in [-0.15, -0.1) is 11.6 Å². The summed E-state index contributed by atoms with van der Waals surface area (Å²) in [6, 6.07) is 3.38. The summed E-state index contributed by atoms with van der Waals surface area (Å²) in [6.45, 7) is 0. The first-order valence-electron chi connectivity index (χ1n) is 3.27. The Morgan fingerprint density at radius 1 is 1.25 bits per heavy atom. The van der Waals surface area contributed by atoms with Gasteiger partial charge in [0, 0.05) is 10.6 Å². The highest BCUT2D eigenvalue weighted by Crippen LogP contribution is 2.34. The summed E-state index contributed by atoms with van der Waals surface area (Å²) >= 11 is 17.4. The highest BCUT2D eigenvalue weighted by atomic mass is 35.5. The number of hydrogen-bond donors (Lipinski definition) is 0. The van der Waals surface area contributed by atoms with Crippen LogP contribution in [-0.4, -0.2) is 7.11 Å². The Labute approximate surface area is 86.2 Å². The zero-order valence-corrected chi connectivity index (χ0v) is 8.67. The van der Waals surface area contributed by atoms with Gasteiger partial charge in [0.2, 0.25) is 0 Å². The third kappa shape index (κ3) is 1.79. The third-order valence-corrected chi connectivity index (χ3v) is 2.41. The second-order valence-electron chi connectivity index (χ2n) is 2.17. The first-order valence-corrected chi connectivity index (χ1v) is 4.56. The lowest BCUT2D eigenvalue weighted by molar-refractivity contribution is 0.411. The lowest BCUT2D eigenvalue weighted by atomic mass is 10.2. The van der Waals surface area contributed by atoms with Crippen LogP contribution in [0.15, 0.2) is 12.1 Å². The van der Waals surface area contributed by atoms with Crippen LogP contribution in [0.5, 0.6) is 5.75 Å². The predicted octanol–water partition coefficient (Wildman–Crippen LogP) is 3.74. The fourth-order valence-electron chi connectivity index (χ4n) is 0.920. The summed E-state index contributed by atoms with van der Waals surface area (Å²) in [5.74, 6) is 0.849. The standard InChI is InChI=1S/C8H7Cl3O/c1-12-8-5(4-9)6(10)2-3-7(8)11/h2-3H,4H2,1H3. The van der Waals surface area contributed by atoms with Crippen molar-refractivity contribution in [2.75, 3.05) is 7.11 Å². The van der Waals surface area contributed by atoms with Crippen LogP contribution in [0.25, 0.3) is 0 Å². The van der Waals surface area contributed by atoms with E-state index in [-0.39, 0.29) is 0 Å². The lowest BCUT2D eigenvalue weighted by Crippen LogP contribution is -1.91. The number of hydrogen-bond acceptors (Lipinski definition) is 1. The minimum Gasteiger partial charge on any atom is -0.495 e. The molecule has 0 radical (unpaired) electrons. The third-order valence-electron chi connectivity index (χ3n) is 1.49. The Bertz CT molecular complexity index is 257. The van der Waals surface area contributed by atoms with Gasteiger partial charge in [-0.05, 0) is 12.1 Å². The van der Waals surface area contributed by atoms with Gasteiger partial charge < -0.3 is 4.74 Å². The summed E-state index contributed by atoms with van der Waals surface area (Å²) in [7, 11) is 1.54. The van der Waals surface area contributed by atoms with E-state index >= 15 is 0 Å². The summed E-state index contributed by atoms with van der Waals surface area (Å²) in [4.78, 5) is 0. The molecular formula is C8H7Cl3O. The van der Waals surface area contributed by atoms with Gasteiger partial charge in [-0.2, -0.15) is 0 Å². The van der Waals surface area contributed by atoms with E-state index in [2.05, 4.69) is 0 Å². The number of ether oxygens (including phenoxy) is 1. The van der Waals surface area contributed by atoms with E-state index in [1.54, 1.807) is 12.1 Å². The van der Waals surface area contributed by atoms with Crippen LogP contribution < -0.4 is 4.74 Å². The molecule has 12 heavy (non-hydrogen) atoms. The van der Waals surface area contributed by atoms with Gasteiger partial charge >= 0.3 is 0 Å². The molecule has 0 saturated carbocycles. The number of benzene rings is 1. The summed E-state index contributed by atoms with van der Waals surface area (Å²) in [5, 5.41) is 1.10. The molecule has 4 heteroatoms. The molecule has 0 aliphatic carbocycles. The Balaban J connectivity index is 3.28. The van der Waals surface area contributed by atoms with Crippen LogP contribution in [0.3, 0.4) is 0 Å². The second kappa shape index (κ2) is 4.22. The molecule has 0 unspecified atom stereocenters. The molecule has 1 aromatic rings. The lowest BCUT2D eigenvalue weighted by Gasteiger charge is -2.08. The van der Waals surface area contributed by atoms with E-state index in [9.17, 15) is 0 Å². The summed E-state index contributed by atoms with van der Waals surface area (Å²) in [5.41, 5.74) is 0.730. The quantitative estimate of drug-likeness (QED) is 0.697. The van der Waals surface area contributed by atoms with E-state index in [1.807, 2.05) is 0 Å². The van der Waals surface area contributed by atoms with E-state index in [0.29, 0.717) is 21.7 Å². The molecule has 0 spiro atoms. The molecule has 0 aromatic heterocycles. The average molecular weight is 226 g/mol. The summed E-state index contributed by atoms with van der Waals surface area (Å²) < 4.78 is 5.05. The van der Waals surface area contributed by atoms with Crippen LogP contribution in [0.2, 0.25) is 10.0 Å². The minimum atomic E-state index is 0.294. The molecule has 0 aliphatic heterocycles. The Hall–Kier alpha value is -0.110. The first-order chi connectivity index (χ1) is 5.70. The Morgan fingerprint density at radius 3 is 2.25 bits per heavy atom. The maximum Gasteiger partial charge on any atom is 0.143 e. The molecule has 1 nitrogen and oxygen atoms in total. The van der Waals surface area contributed by atoms with Crippen molar-refractivity contribution < 1.29 is 4.74 Å². The van der Waals surface area contributed by atoms with Gasteiger partial charge in [0.1, 0.15) is 5.75 Å². The van der Waals surface area contributed by atoms with Gasteiger partial charge in [0.15, 0.2) is 0 Å². The van der Waals surface area contributed by atoms with Crippen LogP contribution >= 0.6 is 34.8 Å². The smallest absolute Gasteiger partial charge is 0.143 e. The van der Waals surface area contributed by atoms with Gasteiger partial charge in [-0.1, -0.05) is 23.2 Å². The zero-order chi connectivity index (χ0) is 9.14. The normalized spacial score (nSPS) is 10.0. The summed E-state index contributed by atoms with van der Waals surface area (Å²) in [6.07, 6.45) is 0. The molecule has 1 aromatic carbocycles. The fourth-order valence-corrected chi connectivity index (χ4v) is 1.72. The maximum absolute atomic E-state index is 5.86. The molecule has 0 saturated heterocycles. The largest absolute Gasteiger partial charge is 0.495 e.